The third kappa shape index (κ3) is 5.99. The first-order chi connectivity index (χ1) is 13.8. The molecule has 0 spiro atoms. The summed E-state index contributed by atoms with van der Waals surface area (Å²) in [7, 11) is -3.56. The van der Waals surface area contributed by atoms with Gasteiger partial charge in [0.15, 0.2) is 5.11 Å². The number of nitrogens with one attached hydrogen (secondary N) is 1. The summed E-state index contributed by atoms with van der Waals surface area (Å²) in [5.74, 6) is 0. The van der Waals surface area contributed by atoms with Gasteiger partial charge >= 0.3 is 0 Å². The molecule has 0 atom stereocenters. The van der Waals surface area contributed by atoms with Crippen molar-refractivity contribution in [3.63, 3.8) is 0 Å². The summed E-state index contributed by atoms with van der Waals surface area (Å²) in [6.07, 6.45) is 0. The number of rotatable bonds is 9. The molecule has 0 amide bonds. The minimum absolute atomic E-state index is 0.0377. The maximum Gasteiger partial charge on any atom is 0.243 e. The third-order valence-electron chi connectivity index (χ3n) is 4.67. The summed E-state index contributed by atoms with van der Waals surface area (Å²) in [6.45, 7) is 7.24. The first-order valence-corrected chi connectivity index (χ1v) is 11.5. The molecule has 0 aliphatic heterocycles. The topological polar surface area (TPSA) is 72.9 Å². The van der Waals surface area contributed by atoms with Crippen LogP contribution in [-0.2, 0) is 16.6 Å². The van der Waals surface area contributed by atoms with Crippen LogP contribution in [0.2, 0.25) is 0 Å². The Bertz CT molecular complexity index is 914. The molecule has 0 unspecified atom stereocenters. The first-order valence-electron chi connectivity index (χ1n) is 9.65. The number of nitrogens with zero attached hydrogens (tertiary/aromatic N) is 2. The molecule has 0 bridgehead atoms. The lowest BCUT2D eigenvalue weighted by Gasteiger charge is -2.26. The zero-order valence-electron chi connectivity index (χ0n) is 17.1. The monoisotopic (exact) mass is 435 g/mol. The fraction of sp³-hybridized carbons (Fsp3) is 0.381. The molecule has 0 saturated carbocycles. The molecule has 2 rings (SSSR count). The molecule has 2 aromatic carbocycles. The summed E-state index contributed by atoms with van der Waals surface area (Å²) in [4.78, 5) is 2.09. The van der Waals surface area contributed by atoms with E-state index in [1.54, 1.807) is 18.2 Å². The van der Waals surface area contributed by atoms with Crippen LogP contribution in [0.3, 0.4) is 0 Å². The van der Waals surface area contributed by atoms with Crippen LogP contribution in [0.5, 0.6) is 0 Å². The highest BCUT2D eigenvalue weighted by Gasteiger charge is 2.22. The molecule has 29 heavy (non-hydrogen) atoms. The molecule has 0 saturated heterocycles. The van der Waals surface area contributed by atoms with Crippen molar-refractivity contribution in [3.05, 3.63) is 59.7 Å². The van der Waals surface area contributed by atoms with Crippen LogP contribution < -0.4 is 5.32 Å². The largest absolute Gasteiger partial charge is 0.395 e. The van der Waals surface area contributed by atoms with E-state index in [1.807, 2.05) is 56.0 Å². The van der Waals surface area contributed by atoms with Crippen LogP contribution in [0.25, 0.3) is 0 Å². The number of aliphatic hydroxyl groups is 1. The van der Waals surface area contributed by atoms with Crippen LogP contribution >= 0.6 is 12.2 Å². The normalized spacial score (nSPS) is 11.5. The zero-order chi connectivity index (χ0) is 21.4. The Balaban J connectivity index is 2.26. The van der Waals surface area contributed by atoms with Gasteiger partial charge in [-0.1, -0.05) is 50.2 Å². The van der Waals surface area contributed by atoms with Gasteiger partial charge in [0, 0.05) is 31.9 Å². The minimum atomic E-state index is -3.56. The van der Waals surface area contributed by atoms with E-state index in [2.05, 4.69) is 5.32 Å². The quantitative estimate of drug-likeness (QED) is 0.589. The number of benzene rings is 2. The van der Waals surface area contributed by atoms with Gasteiger partial charge in [0.05, 0.1) is 11.5 Å². The number of thiocarbonyl (C=S) groups is 1. The highest BCUT2D eigenvalue weighted by atomic mass is 32.2. The average molecular weight is 436 g/mol. The summed E-state index contributed by atoms with van der Waals surface area (Å²) >= 11 is 5.56. The maximum atomic E-state index is 12.8. The van der Waals surface area contributed by atoms with Crippen molar-refractivity contribution >= 4 is 33.0 Å². The van der Waals surface area contributed by atoms with Gasteiger partial charge in [0.1, 0.15) is 0 Å². The predicted octanol–water partition coefficient (Wildman–Crippen LogP) is 3.22. The number of hydrogen-bond donors (Lipinski definition) is 2. The fourth-order valence-corrected chi connectivity index (χ4v) is 4.73. The highest BCUT2D eigenvalue weighted by molar-refractivity contribution is 7.89. The van der Waals surface area contributed by atoms with Crippen LogP contribution in [0, 0.1) is 6.92 Å². The Morgan fingerprint density at radius 3 is 2.34 bits per heavy atom. The lowest BCUT2D eigenvalue weighted by molar-refractivity contribution is 0.248. The van der Waals surface area contributed by atoms with Crippen molar-refractivity contribution in [1.29, 1.82) is 0 Å². The van der Waals surface area contributed by atoms with Crippen LogP contribution in [0.15, 0.2) is 53.4 Å². The van der Waals surface area contributed by atoms with Gasteiger partial charge in [-0.3, -0.25) is 0 Å². The molecule has 0 fully saturated rings. The van der Waals surface area contributed by atoms with Gasteiger partial charge in [-0.25, -0.2) is 8.42 Å². The summed E-state index contributed by atoms with van der Waals surface area (Å²) < 4.78 is 27.1. The number of hydrogen-bond acceptors (Lipinski definition) is 4. The molecule has 6 nitrogen and oxygen atoms in total. The Morgan fingerprint density at radius 2 is 1.76 bits per heavy atom. The number of aryl methyl sites for hydroxylation is 1. The number of anilines is 1. The van der Waals surface area contributed by atoms with E-state index in [-0.39, 0.29) is 11.5 Å². The SMILES string of the molecule is CCN(CC)S(=O)(=O)c1ccc(C)c(NC(=S)N(CCO)Cc2ccccc2)c1. The van der Waals surface area contributed by atoms with Gasteiger partial charge in [-0.2, -0.15) is 4.31 Å². The molecule has 0 aliphatic rings. The third-order valence-corrected chi connectivity index (χ3v) is 7.07. The van der Waals surface area contributed by atoms with Crippen molar-refractivity contribution in [3.8, 4) is 0 Å². The molecule has 0 heterocycles. The van der Waals surface area contributed by atoms with Crippen molar-refractivity contribution in [2.75, 3.05) is 31.6 Å². The molecule has 2 N–H and O–H groups in total. The van der Waals surface area contributed by atoms with Gasteiger partial charge in [0.25, 0.3) is 0 Å². The van der Waals surface area contributed by atoms with Crippen LogP contribution in [0.4, 0.5) is 5.69 Å². The van der Waals surface area contributed by atoms with Crippen molar-refractivity contribution in [2.24, 2.45) is 0 Å². The standard InChI is InChI=1S/C21H29N3O3S2/c1-4-24(5-2)29(26,27)19-12-11-17(3)20(15-19)22-21(28)23(13-14-25)16-18-9-7-6-8-10-18/h6-12,15,25H,4-5,13-14,16H2,1-3H3,(H,22,28). The van der Waals surface area contributed by atoms with Gasteiger partial charge in [-0.15, -0.1) is 0 Å². The maximum absolute atomic E-state index is 12.8. The van der Waals surface area contributed by atoms with Crippen LogP contribution in [-0.4, -0.2) is 54.1 Å². The molecule has 8 heteroatoms. The van der Waals surface area contributed by atoms with E-state index in [1.165, 1.54) is 4.31 Å². The van der Waals surface area contributed by atoms with Gasteiger partial charge in [-0.05, 0) is 42.4 Å². The number of aliphatic hydroxyl groups excluding tert-OH is 1. The minimum Gasteiger partial charge on any atom is -0.395 e. The molecule has 0 aromatic heterocycles. The molecule has 0 radical (unpaired) electrons. The van der Waals surface area contributed by atoms with E-state index < -0.39 is 10.0 Å². The molecular formula is C21H29N3O3S2. The highest BCUT2D eigenvalue weighted by Crippen LogP contribution is 2.23. The van der Waals surface area contributed by atoms with Gasteiger partial charge in [0.2, 0.25) is 10.0 Å². The van der Waals surface area contributed by atoms with Crippen LogP contribution in [0.1, 0.15) is 25.0 Å². The number of sulfonamides is 1. The fourth-order valence-electron chi connectivity index (χ4n) is 2.98. The van der Waals surface area contributed by atoms with E-state index in [0.29, 0.717) is 37.0 Å². The second-order valence-corrected chi connectivity index (χ2v) is 8.95. The van der Waals surface area contributed by atoms with Crippen molar-refractivity contribution in [1.82, 2.24) is 9.21 Å². The summed E-state index contributed by atoms with van der Waals surface area (Å²) in [6, 6.07) is 14.9. The lowest BCUT2D eigenvalue weighted by atomic mass is 10.2. The second-order valence-electron chi connectivity index (χ2n) is 6.63. The average Bonchev–Trinajstić information content (AvgIpc) is 2.70. The molecule has 0 aliphatic carbocycles. The van der Waals surface area contributed by atoms with E-state index in [9.17, 15) is 13.5 Å². The smallest absolute Gasteiger partial charge is 0.243 e. The molecular weight excluding hydrogens is 406 g/mol. The van der Waals surface area contributed by atoms with E-state index in [0.717, 1.165) is 11.1 Å². The van der Waals surface area contributed by atoms with E-state index >= 15 is 0 Å². The molecule has 158 valence electrons. The Hall–Kier alpha value is -2.00. The second kappa shape index (κ2) is 10.7. The molecule has 2 aromatic rings. The summed E-state index contributed by atoms with van der Waals surface area (Å²) in [5, 5.41) is 13.0. The Morgan fingerprint density at radius 1 is 1.10 bits per heavy atom. The first kappa shape index (κ1) is 23.3. The summed E-state index contributed by atoms with van der Waals surface area (Å²) in [5.41, 5.74) is 2.59. The lowest BCUT2D eigenvalue weighted by Crippen LogP contribution is -2.36. The van der Waals surface area contributed by atoms with E-state index in [4.69, 9.17) is 12.2 Å². The zero-order valence-corrected chi connectivity index (χ0v) is 18.8. The van der Waals surface area contributed by atoms with Crippen molar-refractivity contribution < 1.29 is 13.5 Å². The Labute approximate surface area is 179 Å². The predicted molar refractivity (Wildman–Crippen MR) is 121 cm³/mol. The Kier molecular flexibility index (Phi) is 8.58. The van der Waals surface area contributed by atoms with Crippen molar-refractivity contribution in [2.45, 2.75) is 32.2 Å². The van der Waals surface area contributed by atoms with Gasteiger partial charge < -0.3 is 15.3 Å².